The molecule has 304 valence electrons. The molecule has 2 heterocycles. The van der Waals surface area contributed by atoms with Crippen molar-refractivity contribution >= 4 is 10.8 Å². The third-order valence-electron chi connectivity index (χ3n) is 11.8. The lowest BCUT2D eigenvalue weighted by atomic mass is 9.83. The molecule has 0 aromatic heterocycles. The van der Waals surface area contributed by atoms with Gasteiger partial charge in [-0.05, 0) is 74.2 Å². The van der Waals surface area contributed by atoms with Gasteiger partial charge in [-0.1, -0.05) is 177 Å². The van der Waals surface area contributed by atoms with Crippen molar-refractivity contribution < 1.29 is 28.4 Å². The smallest absolute Gasteiger partial charge is 0.226 e. The first-order valence-electron chi connectivity index (χ1n) is 21.2. The molecule has 7 aromatic carbocycles. The van der Waals surface area contributed by atoms with Crippen LogP contribution in [-0.2, 0) is 80.1 Å². The van der Waals surface area contributed by atoms with Crippen LogP contribution in [0.5, 0.6) is 0 Å². The third kappa shape index (κ3) is 8.86. The molecule has 1 saturated heterocycles. The van der Waals surface area contributed by atoms with E-state index in [1.54, 1.807) is 0 Å². The van der Waals surface area contributed by atoms with Crippen molar-refractivity contribution in [3.63, 3.8) is 0 Å². The maximum atomic E-state index is 7.49. The predicted molar refractivity (Wildman–Crippen MR) is 235 cm³/mol. The molecule has 5 atom stereocenters. The van der Waals surface area contributed by atoms with E-state index in [0.717, 1.165) is 51.6 Å². The average molecular weight is 797 g/mol. The van der Waals surface area contributed by atoms with Crippen LogP contribution in [0.3, 0.4) is 0 Å². The van der Waals surface area contributed by atoms with E-state index in [9.17, 15) is 0 Å². The Hall–Kier alpha value is -5.44. The van der Waals surface area contributed by atoms with Gasteiger partial charge in [0.05, 0.1) is 39.6 Å². The van der Waals surface area contributed by atoms with Crippen molar-refractivity contribution in [2.45, 2.75) is 83.0 Å². The molecule has 0 bridgehead atoms. The number of rotatable bonds is 16. The fourth-order valence-electron chi connectivity index (χ4n) is 8.66. The minimum Gasteiger partial charge on any atom is -0.374 e. The summed E-state index contributed by atoms with van der Waals surface area (Å²) in [6.07, 6.45) is -0.767. The van der Waals surface area contributed by atoms with Crippen molar-refractivity contribution in [2.24, 2.45) is 0 Å². The first-order chi connectivity index (χ1) is 29.7. The number of benzene rings is 7. The van der Waals surface area contributed by atoms with Crippen LogP contribution >= 0.6 is 0 Å². The monoisotopic (exact) mass is 796 g/mol. The largest absolute Gasteiger partial charge is 0.374 e. The quantitative estimate of drug-likeness (QED) is 0.0971. The molecule has 1 fully saturated rings. The Morgan fingerprint density at radius 1 is 0.517 bits per heavy atom. The Labute approximate surface area is 353 Å². The minimum atomic E-state index is -1.34. The van der Waals surface area contributed by atoms with Crippen molar-refractivity contribution in [1.82, 2.24) is 0 Å². The van der Waals surface area contributed by atoms with Gasteiger partial charge in [0.15, 0.2) is 0 Å². The number of fused-ring (bicyclic) bond motifs is 4. The molecule has 9 rings (SSSR count). The van der Waals surface area contributed by atoms with Crippen LogP contribution in [0, 0.1) is 0 Å². The molecule has 60 heavy (non-hydrogen) atoms. The first-order valence-corrected chi connectivity index (χ1v) is 21.2. The van der Waals surface area contributed by atoms with Crippen LogP contribution in [0.1, 0.15) is 57.0 Å². The van der Waals surface area contributed by atoms with Crippen molar-refractivity contribution in [1.29, 1.82) is 0 Å². The molecular weight excluding hydrogens is 745 g/mol. The molecule has 0 saturated carbocycles. The summed E-state index contributed by atoms with van der Waals surface area (Å²) in [5.74, 6) is -1.34. The fourth-order valence-corrected chi connectivity index (χ4v) is 8.66. The van der Waals surface area contributed by atoms with Crippen LogP contribution in [-0.4, -0.2) is 31.0 Å². The summed E-state index contributed by atoms with van der Waals surface area (Å²) in [5, 5.41) is 2.36. The summed E-state index contributed by atoms with van der Waals surface area (Å²) in [6, 6.07) is 60.9. The maximum absolute atomic E-state index is 7.49. The van der Waals surface area contributed by atoms with Gasteiger partial charge in [-0.3, -0.25) is 0 Å². The number of hydrogen-bond donors (Lipinski definition) is 0. The topological polar surface area (TPSA) is 55.4 Å². The molecule has 0 N–H and O–H groups in total. The highest BCUT2D eigenvalue weighted by atomic mass is 16.7. The second kappa shape index (κ2) is 18.9. The van der Waals surface area contributed by atoms with E-state index in [2.05, 4.69) is 110 Å². The molecule has 1 spiro atoms. The van der Waals surface area contributed by atoms with E-state index < -0.39 is 30.2 Å². The van der Waals surface area contributed by atoms with Gasteiger partial charge in [-0.15, -0.1) is 0 Å². The Morgan fingerprint density at radius 2 is 1.02 bits per heavy atom. The highest BCUT2D eigenvalue weighted by Crippen LogP contribution is 2.51. The molecule has 2 aliphatic heterocycles. The van der Waals surface area contributed by atoms with Crippen molar-refractivity contribution in [3.05, 3.63) is 226 Å². The lowest BCUT2D eigenvalue weighted by molar-refractivity contribution is -0.387. The standard InChI is InChI=1S/C54H52O6/c1-2-39-27-29-40(30-28-39)31-45-32-49-48(47-26-16-15-25-46(45)47)37-59-54(49)53(58-36-44-23-13-6-14-24-44)52(57-35-43-21-11-5-12-22-43)51(56-34-42-19-9-4-10-20-42)50(60-54)38-55-33-41-17-7-3-8-18-41/h3-30,32,50-53H,2,31,33-38H2,1H3/t50-,51+,52+,53-,54+/m1/s1. The van der Waals surface area contributed by atoms with Gasteiger partial charge in [0.2, 0.25) is 5.79 Å². The zero-order valence-corrected chi connectivity index (χ0v) is 34.2. The number of hydrogen-bond acceptors (Lipinski definition) is 6. The van der Waals surface area contributed by atoms with Gasteiger partial charge in [0.1, 0.15) is 24.4 Å². The number of aryl methyl sites for hydroxylation is 1. The molecule has 0 radical (unpaired) electrons. The Balaban J connectivity index is 1.17. The summed E-state index contributed by atoms with van der Waals surface area (Å²) in [6.45, 7) is 4.24. The SMILES string of the molecule is CCc1ccc(Cc2cc3c(c4ccccc24)CO[C@]32O[C@H](COCc3ccccc3)[C@H](OCc3ccccc3)[C@H](OCc3ccccc3)[C@H]2OCc2ccccc2)cc1. The normalized spacial score (nSPS) is 21.0. The molecule has 0 aliphatic carbocycles. The zero-order chi connectivity index (χ0) is 40.6. The third-order valence-corrected chi connectivity index (χ3v) is 11.8. The summed E-state index contributed by atoms with van der Waals surface area (Å²) in [4.78, 5) is 0. The van der Waals surface area contributed by atoms with Gasteiger partial charge >= 0.3 is 0 Å². The first kappa shape index (κ1) is 40.0. The van der Waals surface area contributed by atoms with Crippen LogP contribution in [0.2, 0.25) is 0 Å². The Kier molecular flexibility index (Phi) is 12.6. The molecule has 6 heteroatoms. The molecule has 0 amide bonds. The van der Waals surface area contributed by atoms with E-state index in [1.807, 2.05) is 72.8 Å². The summed E-state index contributed by atoms with van der Waals surface area (Å²) < 4.78 is 42.5. The van der Waals surface area contributed by atoms with Crippen LogP contribution in [0.25, 0.3) is 10.8 Å². The lowest BCUT2D eigenvalue weighted by Gasteiger charge is -2.51. The van der Waals surface area contributed by atoms with E-state index >= 15 is 0 Å². The van der Waals surface area contributed by atoms with Crippen LogP contribution in [0.15, 0.2) is 176 Å². The summed E-state index contributed by atoms with van der Waals surface area (Å²) in [5.41, 5.74) is 10.0. The summed E-state index contributed by atoms with van der Waals surface area (Å²) in [7, 11) is 0. The summed E-state index contributed by atoms with van der Waals surface area (Å²) >= 11 is 0. The highest BCUT2D eigenvalue weighted by Gasteiger charge is 2.61. The van der Waals surface area contributed by atoms with Gasteiger partial charge in [-0.2, -0.15) is 0 Å². The number of ether oxygens (including phenoxy) is 6. The van der Waals surface area contributed by atoms with Gasteiger partial charge in [-0.25, -0.2) is 0 Å². The van der Waals surface area contributed by atoms with Gasteiger partial charge < -0.3 is 28.4 Å². The Bertz CT molecular complexity index is 2420. The van der Waals surface area contributed by atoms with E-state index in [4.69, 9.17) is 28.4 Å². The predicted octanol–water partition coefficient (Wildman–Crippen LogP) is 11.0. The van der Waals surface area contributed by atoms with E-state index in [1.165, 1.54) is 22.1 Å². The maximum Gasteiger partial charge on any atom is 0.226 e. The minimum absolute atomic E-state index is 0.246. The van der Waals surface area contributed by atoms with Gasteiger partial charge in [0.25, 0.3) is 0 Å². The molecule has 6 nitrogen and oxygen atoms in total. The zero-order valence-electron chi connectivity index (χ0n) is 34.2. The average Bonchev–Trinajstić information content (AvgIpc) is 3.67. The van der Waals surface area contributed by atoms with E-state index in [-0.39, 0.29) is 6.61 Å². The molecular formula is C54H52O6. The lowest BCUT2D eigenvalue weighted by Crippen LogP contribution is -2.65. The molecule has 2 aliphatic rings. The Morgan fingerprint density at radius 3 is 1.60 bits per heavy atom. The van der Waals surface area contributed by atoms with Gasteiger partial charge in [0, 0.05) is 5.56 Å². The van der Waals surface area contributed by atoms with Crippen LogP contribution in [0.4, 0.5) is 0 Å². The van der Waals surface area contributed by atoms with Crippen molar-refractivity contribution in [2.75, 3.05) is 6.61 Å². The molecule has 7 aromatic rings. The van der Waals surface area contributed by atoms with E-state index in [0.29, 0.717) is 33.0 Å². The van der Waals surface area contributed by atoms with Crippen molar-refractivity contribution in [3.8, 4) is 0 Å². The second-order valence-corrected chi connectivity index (χ2v) is 15.8. The van der Waals surface area contributed by atoms with Crippen LogP contribution < -0.4 is 0 Å². The molecule has 0 unspecified atom stereocenters. The highest BCUT2D eigenvalue weighted by molar-refractivity contribution is 5.90. The fraction of sp³-hybridized carbons (Fsp3) is 0.259. The second-order valence-electron chi connectivity index (χ2n) is 15.8.